The zero-order valence-electron chi connectivity index (χ0n) is 12.8. The fourth-order valence-electron chi connectivity index (χ4n) is 3.09. The molecular weight excluding hydrogens is 340 g/mol. The quantitative estimate of drug-likeness (QED) is 0.865. The molecule has 0 amide bonds. The van der Waals surface area contributed by atoms with E-state index in [1.807, 2.05) is 0 Å². The van der Waals surface area contributed by atoms with E-state index < -0.39 is 5.82 Å². The Kier molecular flexibility index (Phi) is 7.56. The molecule has 3 rings (SSSR count). The lowest BCUT2D eigenvalue weighted by Crippen LogP contribution is -2.45. The summed E-state index contributed by atoms with van der Waals surface area (Å²) >= 11 is 0. The first kappa shape index (κ1) is 20.0. The normalized spacial score (nSPS) is 19.1. The molecule has 7 heteroatoms. The minimum atomic E-state index is -0.649. The largest absolute Gasteiger partial charge is 0.506 e. The highest BCUT2D eigenvalue weighted by Crippen LogP contribution is 2.43. The second-order valence-electron chi connectivity index (χ2n) is 5.95. The van der Waals surface area contributed by atoms with Gasteiger partial charge in [0, 0.05) is 37.8 Å². The summed E-state index contributed by atoms with van der Waals surface area (Å²) in [6, 6.07) is 4.79. The molecule has 0 spiro atoms. The molecule has 1 aromatic carbocycles. The molecule has 23 heavy (non-hydrogen) atoms. The molecule has 2 aliphatic rings. The number of nitrogens with zero attached hydrogens (tertiary/aromatic N) is 2. The molecule has 2 N–H and O–H groups in total. The van der Waals surface area contributed by atoms with Gasteiger partial charge in [0.2, 0.25) is 0 Å². The monoisotopic (exact) mass is 361 g/mol. The van der Waals surface area contributed by atoms with Crippen LogP contribution in [-0.4, -0.2) is 36.2 Å². The Labute approximate surface area is 148 Å². The van der Waals surface area contributed by atoms with Gasteiger partial charge >= 0.3 is 0 Å². The molecule has 1 aromatic rings. The highest BCUT2D eigenvalue weighted by atomic mass is 35.5. The van der Waals surface area contributed by atoms with Crippen molar-refractivity contribution in [1.82, 2.24) is 10.2 Å². The Bertz CT molecular complexity index is 569. The average molecular weight is 362 g/mol. The van der Waals surface area contributed by atoms with Crippen LogP contribution in [0.15, 0.2) is 12.1 Å². The van der Waals surface area contributed by atoms with E-state index in [1.165, 1.54) is 18.9 Å². The summed E-state index contributed by atoms with van der Waals surface area (Å²) in [7, 11) is 0. The van der Waals surface area contributed by atoms with Gasteiger partial charge < -0.3 is 10.4 Å². The van der Waals surface area contributed by atoms with Gasteiger partial charge in [-0.25, -0.2) is 4.39 Å². The smallest absolute Gasteiger partial charge is 0.144 e. The fraction of sp³-hybridized carbons (Fsp3) is 0.562. The van der Waals surface area contributed by atoms with Crippen molar-refractivity contribution in [1.29, 1.82) is 5.26 Å². The van der Waals surface area contributed by atoms with E-state index in [0.717, 1.165) is 32.6 Å². The molecule has 1 aliphatic carbocycles. The summed E-state index contributed by atoms with van der Waals surface area (Å²) in [4.78, 5) is 2.34. The highest BCUT2D eigenvalue weighted by molar-refractivity contribution is 5.85. The van der Waals surface area contributed by atoms with E-state index in [0.29, 0.717) is 11.5 Å². The van der Waals surface area contributed by atoms with Crippen LogP contribution in [0.4, 0.5) is 4.39 Å². The SMILES string of the molecule is Cl.Cl.N#Cc1c(F)ccc([C@H](CC2CC2)N2CCNCC2)c1O. The molecule has 1 saturated heterocycles. The Balaban J connectivity index is 0.00000132. The molecule has 1 atom stereocenters. The maximum absolute atomic E-state index is 13.6. The molecule has 2 fully saturated rings. The first-order valence-electron chi connectivity index (χ1n) is 7.57. The van der Waals surface area contributed by atoms with Crippen molar-refractivity contribution in [2.24, 2.45) is 5.92 Å². The molecule has 0 unspecified atom stereocenters. The van der Waals surface area contributed by atoms with Crippen molar-refractivity contribution < 1.29 is 9.50 Å². The van der Waals surface area contributed by atoms with Gasteiger partial charge in [-0.05, 0) is 18.4 Å². The van der Waals surface area contributed by atoms with Crippen LogP contribution in [0.5, 0.6) is 5.75 Å². The van der Waals surface area contributed by atoms with Crippen molar-refractivity contribution in [3.05, 3.63) is 29.1 Å². The van der Waals surface area contributed by atoms with E-state index in [1.54, 1.807) is 12.1 Å². The molecule has 1 aliphatic heterocycles. The Morgan fingerprint density at radius 2 is 1.96 bits per heavy atom. The van der Waals surface area contributed by atoms with Crippen LogP contribution in [-0.2, 0) is 0 Å². The number of rotatable bonds is 4. The summed E-state index contributed by atoms with van der Waals surface area (Å²) in [6.45, 7) is 3.68. The molecule has 128 valence electrons. The fourth-order valence-corrected chi connectivity index (χ4v) is 3.09. The molecule has 0 bridgehead atoms. The van der Waals surface area contributed by atoms with Crippen molar-refractivity contribution in [3.8, 4) is 11.8 Å². The van der Waals surface area contributed by atoms with E-state index >= 15 is 0 Å². The van der Waals surface area contributed by atoms with Crippen LogP contribution >= 0.6 is 24.8 Å². The van der Waals surface area contributed by atoms with Crippen LogP contribution in [0.3, 0.4) is 0 Å². The van der Waals surface area contributed by atoms with Crippen molar-refractivity contribution in [3.63, 3.8) is 0 Å². The van der Waals surface area contributed by atoms with Crippen LogP contribution in [0.1, 0.15) is 36.4 Å². The zero-order valence-corrected chi connectivity index (χ0v) is 14.4. The van der Waals surface area contributed by atoms with Gasteiger partial charge in [-0.3, -0.25) is 4.90 Å². The van der Waals surface area contributed by atoms with Crippen molar-refractivity contribution in [2.75, 3.05) is 26.2 Å². The first-order valence-corrected chi connectivity index (χ1v) is 7.57. The number of hydrogen-bond donors (Lipinski definition) is 2. The van der Waals surface area contributed by atoms with E-state index in [4.69, 9.17) is 5.26 Å². The van der Waals surface area contributed by atoms with Crippen molar-refractivity contribution in [2.45, 2.75) is 25.3 Å². The lowest BCUT2D eigenvalue weighted by Gasteiger charge is -2.35. The second kappa shape index (κ2) is 8.70. The average Bonchev–Trinajstić information content (AvgIpc) is 3.31. The van der Waals surface area contributed by atoms with Gasteiger partial charge in [-0.2, -0.15) is 5.26 Å². The predicted molar refractivity (Wildman–Crippen MR) is 91.8 cm³/mol. The lowest BCUT2D eigenvalue weighted by atomic mass is 9.95. The number of hydrogen-bond acceptors (Lipinski definition) is 4. The number of nitrogens with one attached hydrogen (secondary N) is 1. The Hall–Kier alpha value is -1.06. The van der Waals surface area contributed by atoms with Gasteiger partial charge in [0.25, 0.3) is 0 Å². The van der Waals surface area contributed by atoms with Crippen LogP contribution in [0, 0.1) is 23.1 Å². The number of halogens is 3. The van der Waals surface area contributed by atoms with E-state index in [2.05, 4.69) is 10.2 Å². The summed E-state index contributed by atoms with van der Waals surface area (Å²) in [6.07, 6.45) is 3.44. The van der Waals surface area contributed by atoms with Gasteiger partial charge in [0.1, 0.15) is 23.2 Å². The minimum absolute atomic E-state index is 0. The third-order valence-electron chi connectivity index (χ3n) is 4.47. The maximum Gasteiger partial charge on any atom is 0.144 e. The molecule has 0 aromatic heterocycles. The predicted octanol–water partition coefficient (Wildman–Crippen LogP) is 2.99. The van der Waals surface area contributed by atoms with E-state index in [-0.39, 0.29) is 42.2 Å². The number of aromatic hydroxyl groups is 1. The summed E-state index contributed by atoms with van der Waals surface area (Å²) < 4.78 is 13.6. The van der Waals surface area contributed by atoms with Crippen LogP contribution < -0.4 is 5.32 Å². The van der Waals surface area contributed by atoms with Crippen LogP contribution in [0.2, 0.25) is 0 Å². The Morgan fingerprint density at radius 3 is 2.52 bits per heavy atom. The summed E-state index contributed by atoms with van der Waals surface area (Å²) in [5.41, 5.74) is 0.463. The maximum atomic E-state index is 13.6. The third-order valence-corrected chi connectivity index (χ3v) is 4.47. The molecule has 0 radical (unpaired) electrons. The number of phenolic OH excluding ortho intramolecular Hbond substituents is 1. The highest BCUT2D eigenvalue weighted by Gasteiger charge is 2.32. The summed E-state index contributed by atoms with van der Waals surface area (Å²) in [5.74, 6) is -0.134. The van der Waals surface area contributed by atoms with Gasteiger partial charge in [0.15, 0.2) is 0 Å². The summed E-state index contributed by atoms with van der Waals surface area (Å²) in [5, 5.41) is 22.7. The second-order valence-corrected chi connectivity index (χ2v) is 5.95. The first-order chi connectivity index (χ1) is 10.2. The number of piperazine rings is 1. The molecule has 1 heterocycles. The number of nitriles is 1. The van der Waals surface area contributed by atoms with Gasteiger partial charge in [-0.15, -0.1) is 24.8 Å². The molecule has 4 nitrogen and oxygen atoms in total. The van der Waals surface area contributed by atoms with Gasteiger partial charge in [0.05, 0.1) is 0 Å². The standard InChI is InChI=1S/C16H20FN3O.2ClH/c17-14-4-3-12(16(21)13(14)10-18)15(9-11-1-2-11)20-7-5-19-6-8-20;;/h3-4,11,15,19,21H,1-2,5-9H2;2*1H/t15-;;/m0../s1. The number of phenols is 1. The van der Waals surface area contributed by atoms with Crippen LogP contribution in [0.25, 0.3) is 0 Å². The number of benzene rings is 1. The zero-order chi connectivity index (χ0) is 14.8. The topological polar surface area (TPSA) is 59.3 Å². The Morgan fingerprint density at radius 1 is 1.30 bits per heavy atom. The van der Waals surface area contributed by atoms with E-state index in [9.17, 15) is 9.50 Å². The molecule has 1 saturated carbocycles. The van der Waals surface area contributed by atoms with Crippen molar-refractivity contribution >= 4 is 24.8 Å². The molecular formula is C16H22Cl2FN3O. The minimum Gasteiger partial charge on any atom is -0.506 e. The van der Waals surface area contributed by atoms with Gasteiger partial charge in [-0.1, -0.05) is 18.9 Å². The lowest BCUT2D eigenvalue weighted by molar-refractivity contribution is 0.158. The third kappa shape index (κ3) is 4.48.